The highest BCUT2D eigenvalue weighted by Gasteiger charge is 2.30. The van der Waals surface area contributed by atoms with Crippen molar-refractivity contribution in [1.82, 2.24) is 0 Å². The van der Waals surface area contributed by atoms with Gasteiger partial charge in [-0.15, -0.1) is 0 Å². The van der Waals surface area contributed by atoms with Crippen LogP contribution in [0.2, 0.25) is 0 Å². The summed E-state index contributed by atoms with van der Waals surface area (Å²) >= 11 is 0. The summed E-state index contributed by atoms with van der Waals surface area (Å²) in [7, 11) is -9.90. The lowest BCUT2D eigenvalue weighted by Crippen LogP contribution is -2.30. The Bertz CT molecular complexity index is 1800. The van der Waals surface area contributed by atoms with E-state index in [2.05, 4.69) is 48.5 Å². The second kappa shape index (κ2) is 63.8. The summed E-state index contributed by atoms with van der Waals surface area (Å²) in [6.45, 7) is 11.8. The van der Waals surface area contributed by atoms with Gasteiger partial charge >= 0.3 is 39.5 Å². The van der Waals surface area contributed by atoms with Crippen LogP contribution in [-0.4, -0.2) is 96.7 Å². The summed E-state index contributed by atoms with van der Waals surface area (Å²) in [6, 6.07) is 0. The van der Waals surface area contributed by atoms with E-state index in [1.165, 1.54) is 167 Å². The van der Waals surface area contributed by atoms with E-state index in [0.717, 1.165) is 120 Å². The molecule has 0 aliphatic carbocycles. The first-order valence-electron chi connectivity index (χ1n) is 37.8. The third-order valence-corrected chi connectivity index (χ3v) is 18.8. The zero-order chi connectivity index (χ0) is 68.0. The molecular formula is C73H142O17P2. The van der Waals surface area contributed by atoms with Crippen molar-refractivity contribution in [3.05, 3.63) is 0 Å². The Balaban J connectivity index is 5.19. The number of carbonyl (C=O) groups is 4. The molecule has 0 radical (unpaired) electrons. The van der Waals surface area contributed by atoms with Crippen LogP contribution in [0.25, 0.3) is 0 Å². The molecule has 0 rings (SSSR count). The number of aliphatic hydroxyl groups is 1. The largest absolute Gasteiger partial charge is 0.472 e. The van der Waals surface area contributed by atoms with Gasteiger partial charge in [0.15, 0.2) is 12.2 Å². The Morgan fingerprint density at radius 2 is 0.500 bits per heavy atom. The Hall–Kier alpha value is -1.94. The van der Waals surface area contributed by atoms with Gasteiger partial charge in [-0.1, -0.05) is 318 Å². The predicted octanol–water partition coefficient (Wildman–Crippen LogP) is 21.0. The molecule has 5 atom stereocenters. The summed E-state index contributed by atoms with van der Waals surface area (Å²) in [5.41, 5.74) is 0. The summed E-state index contributed by atoms with van der Waals surface area (Å²) in [5.74, 6) is 0.190. The van der Waals surface area contributed by atoms with Crippen molar-refractivity contribution < 1.29 is 80.2 Å². The molecule has 3 N–H and O–H groups in total. The second-order valence-electron chi connectivity index (χ2n) is 27.8. The SMILES string of the molecule is CCCCCCCCCC(=O)OC[C@H](COP(=O)(O)OC[C@H](O)COP(=O)(O)OC[C@@H](COC(=O)CCCCCCCCCCCCCC(C)C)OC(=O)CCCCCCCCCCCCCCCCCCC(C)C)OC(=O)CCCCCCCCCCCC(C)C. The molecule has 0 aromatic carbocycles. The first-order chi connectivity index (χ1) is 44.2. The lowest BCUT2D eigenvalue weighted by molar-refractivity contribution is -0.161. The Morgan fingerprint density at radius 3 is 0.739 bits per heavy atom. The minimum atomic E-state index is -4.95. The number of phosphoric ester groups is 2. The number of hydrogen-bond donors (Lipinski definition) is 3. The zero-order valence-electron chi connectivity index (χ0n) is 60.0. The van der Waals surface area contributed by atoms with Crippen molar-refractivity contribution in [2.75, 3.05) is 39.6 Å². The molecule has 2 unspecified atom stereocenters. The molecular weight excluding hydrogens is 1210 g/mol. The third-order valence-electron chi connectivity index (χ3n) is 16.9. The molecule has 0 spiro atoms. The molecule has 546 valence electrons. The molecule has 0 amide bonds. The molecule has 17 nitrogen and oxygen atoms in total. The van der Waals surface area contributed by atoms with E-state index in [9.17, 15) is 43.2 Å². The molecule has 92 heavy (non-hydrogen) atoms. The fourth-order valence-electron chi connectivity index (χ4n) is 11.1. The van der Waals surface area contributed by atoms with Crippen LogP contribution < -0.4 is 0 Å². The average molecular weight is 1350 g/mol. The number of ether oxygens (including phenoxy) is 4. The number of rotatable bonds is 71. The maximum atomic E-state index is 13.1. The van der Waals surface area contributed by atoms with Gasteiger partial charge in [-0.05, 0) is 43.4 Å². The third kappa shape index (κ3) is 66.7. The van der Waals surface area contributed by atoms with Gasteiger partial charge in [0, 0.05) is 25.7 Å². The van der Waals surface area contributed by atoms with Crippen LogP contribution in [0.3, 0.4) is 0 Å². The van der Waals surface area contributed by atoms with Gasteiger partial charge in [-0.3, -0.25) is 37.3 Å². The molecule has 0 aromatic rings. The van der Waals surface area contributed by atoms with Gasteiger partial charge in [0.25, 0.3) is 0 Å². The van der Waals surface area contributed by atoms with E-state index in [0.29, 0.717) is 25.7 Å². The summed E-state index contributed by atoms with van der Waals surface area (Å²) in [4.78, 5) is 72.5. The molecule has 19 heteroatoms. The van der Waals surface area contributed by atoms with E-state index in [-0.39, 0.29) is 25.7 Å². The predicted molar refractivity (Wildman–Crippen MR) is 372 cm³/mol. The van der Waals surface area contributed by atoms with E-state index in [1.807, 2.05) is 0 Å². The van der Waals surface area contributed by atoms with Gasteiger partial charge in [0.05, 0.1) is 26.4 Å². The number of carbonyl (C=O) groups excluding carboxylic acids is 4. The van der Waals surface area contributed by atoms with Crippen LogP contribution in [0, 0.1) is 17.8 Å². The van der Waals surface area contributed by atoms with Crippen LogP contribution in [-0.2, 0) is 65.4 Å². The quantitative estimate of drug-likeness (QED) is 0.0222. The minimum Gasteiger partial charge on any atom is -0.462 e. The number of unbranched alkanes of at least 4 members (excludes halogenated alkanes) is 39. The van der Waals surface area contributed by atoms with Gasteiger partial charge in [0.2, 0.25) is 0 Å². The van der Waals surface area contributed by atoms with Crippen molar-refractivity contribution in [1.29, 1.82) is 0 Å². The Kier molecular flexibility index (Phi) is 62.4. The average Bonchev–Trinajstić information content (AvgIpc) is 2.04. The second-order valence-corrected chi connectivity index (χ2v) is 30.7. The topological polar surface area (TPSA) is 237 Å². The molecule has 0 saturated heterocycles. The number of esters is 4. The van der Waals surface area contributed by atoms with Crippen LogP contribution in [0.4, 0.5) is 0 Å². The van der Waals surface area contributed by atoms with Crippen LogP contribution in [0.1, 0.15) is 370 Å². The lowest BCUT2D eigenvalue weighted by Gasteiger charge is -2.21. The van der Waals surface area contributed by atoms with Crippen molar-refractivity contribution >= 4 is 39.5 Å². The number of aliphatic hydroxyl groups excluding tert-OH is 1. The van der Waals surface area contributed by atoms with E-state index >= 15 is 0 Å². The molecule has 0 aromatic heterocycles. The minimum absolute atomic E-state index is 0.105. The van der Waals surface area contributed by atoms with E-state index in [1.54, 1.807) is 0 Å². The fourth-order valence-corrected chi connectivity index (χ4v) is 12.7. The molecule has 0 aliphatic rings. The van der Waals surface area contributed by atoms with Crippen molar-refractivity contribution in [3.63, 3.8) is 0 Å². The summed E-state index contributed by atoms with van der Waals surface area (Å²) in [6.07, 6.45) is 48.7. The van der Waals surface area contributed by atoms with Gasteiger partial charge in [-0.25, -0.2) is 9.13 Å². The highest BCUT2D eigenvalue weighted by atomic mass is 31.2. The van der Waals surface area contributed by atoms with Gasteiger partial charge in [0.1, 0.15) is 19.3 Å². The molecule has 0 bridgehead atoms. The van der Waals surface area contributed by atoms with Gasteiger partial charge < -0.3 is 33.8 Å². The Labute approximate surface area is 562 Å². The number of phosphoric acid groups is 2. The van der Waals surface area contributed by atoms with Crippen LogP contribution in [0.5, 0.6) is 0 Å². The lowest BCUT2D eigenvalue weighted by atomic mass is 10.0. The zero-order valence-corrected chi connectivity index (χ0v) is 61.8. The monoisotopic (exact) mass is 1350 g/mol. The van der Waals surface area contributed by atoms with Gasteiger partial charge in [-0.2, -0.15) is 0 Å². The number of hydrogen-bond acceptors (Lipinski definition) is 15. The van der Waals surface area contributed by atoms with Crippen molar-refractivity contribution in [3.8, 4) is 0 Å². The molecule has 0 heterocycles. The molecule has 0 saturated carbocycles. The van der Waals surface area contributed by atoms with Crippen LogP contribution in [0.15, 0.2) is 0 Å². The highest BCUT2D eigenvalue weighted by Crippen LogP contribution is 2.45. The highest BCUT2D eigenvalue weighted by molar-refractivity contribution is 7.47. The fraction of sp³-hybridized carbons (Fsp3) is 0.945. The van der Waals surface area contributed by atoms with Crippen molar-refractivity contribution in [2.45, 2.75) is 388 Å². The first kappa shape index (κ1) is 90.1. The van der Waals surface area contributed by atoms with Crippen LogP contribution >= 0.6 is 15.6 Å². The normalized spacial score (nSPS) is 14.1. The maximum absolute atomic E-state index is 13.1. The molecule has 0 aliphatic heterocycles. The first-order valence-corrected chi connectivity index (χ1v) is 40.8. The molecule has 0 fully saturated rings. The maximum Gasteiger partial charge on any atom is 0.472 e. The smallest absolute Gasteiger partial charge is 0.462 e. The van der Waals surface area contributed by atoms with E-state index in [4.69, 9.17) is 37.0 Å². The Morgan fingerprint density at radius 1 is 0.293 bits per heavy atom. The summed E-state index contributed by atoms with van der Waals surface area (Å²) in [5, 5.41) is 10.6. The van der Waals surface area contributed by atoms with Crippen molar-refractivity contribution in [2.24, 2.45) is 17.8 Å². The summed E-state index contributed by atoms with van der Waals surface area (Å²) < 4.78 is 68.3. The van der Waals surface area contributed by atoms with E-state index < -0.39 is 97.5 Å². The standard InChI is InChI=1S/C73H142O17P2/c1-8-9-10-11-30-40-47-54-70(75)83-60-68(89-73(78)57-50-43-36-29-23-26-33-39-46-53-66(6)7)62-87-91(79,80)85-58-67(74)59-86-92(81,82)88-63-69(61-84-71(76)55-48-41-34-27-22-18-20-25-32-38-45-52-65(4)5)90-72(77)56-49-42-35-28-21-17-15-13-12-14-16-19-24-31-37-44-51-64(2)3/h64-69,74H,8-63H2,1-7H3,(H,79,80)(H,81,82)/t67-,68+,69+/m0/s1.